The molecule has 0 radical (unpaired) electrons. The van der Waals surface area contributed by atoms with Crippen molar-refractivity contribution in [1.29, 1.82) is 5.26 Å². The molecular weight excluding hydrogens is 572 g/mol. The molecule has 4 aromatic rings. The largest absolute Gasteiger partial charge is 0.389 e. The smallest absolute Gasteiger partial charge is 0.228 e. The first-order valence-electron chi connectivity index (χ1n) is 14.0. The molecule has 0 aliphatic carbocycles. The average Bonchev–Trinajstić information content (AvgIpc) is 3.52. The van der Waals surface area contributed by atoms with Crippen LogP contribution >= 0.6 is 20.6 Å². The number of benzene rings is 2. The monoisotopic (exact) mass is 605 g/mol. The Kier molecular flexibility index (Phi) is 7.52. The third-order valence-electron chi connectivity index (χ3n) is 8.33. The van der Waals surface area contributed by atoms with Gasteiger partial charge in [-0.25, -0.2) is 9.37 Å². The molecule has 12 heteroatoms. The van der Waals surface area contributed by atoms with Gasteiger partial charge < -0.3 is 25.6 Å². The summed E-state index contributed by atoms with van der Waals surface area (Å²) in [6.45, 7) is 5.73. The zero-order valence-electron chi connectivity index (χ0n) is 24.0. The molecule has 0 saturated carbocycles. The first-order valence-corrected chi connectivity index (χ1v) is 15.4. The second kappa shape index (κ2) is 11.0. The van der Waals surface area contributed by atoms with Crippen LogP contribution in [0, 0.1) is 17.1 Å². The molecule has 0 spiro atoms. The molecule has 0 bridgehead atoms. The highest BCUT2D eigenvalue weighted by Crippen LogP contribution is 2.46. The molecule has 0 amide bonds. The summed E-state index contributed by atoms with van der Waals surface area (Å²) in [5, 5.41) is 15.7. The molecule has 1 fully saturated rings. The van der Waals surface area contributed by atoms with Gasteiger partial charge in [0.2, 0.25) is 5.95 Å². The number of nitrogens with zero attached hydrogens (tertiary/aromatic N) is 5. The lowest BCUT2D eigenvalue weighted by atomic mass is 9.90. The predicted octanol–water partition coefficient (Wildman–Crippen LogP) is 4.55. The first kappa shape index (κ1) is 28.7. The SMILES string of the molecule is CCCC(Nc1nc(N2CC(N(C)C)C2)nc2c(P)c(-c3c(F)ccc4sc(N)c(C#N)c34)c3c(c12)COC3)C(C)=O. The maximum Gasteiger partial charge on any atom is 0.228 e. The second-order valence-electron chi connectivity index (χ2n) is 11.2. The minimum atomic E-state index is -0.447. The molecule has 4 heterocycles. The number of anilines is 3. The maximum atomic E-state index is 15.9. The number of aromatic nitrogens is 2. The van der Waals surface area contributed by atoms with Crippen LogP contribution in [0.5, 0.6) is 0 Å². The van der Waals surface area contributed by atoms with Gasteiger partial charge in [-0.05, 0) is 50.7 Å². The Labute approximate surface area is 250 Å². The number of rotatable bonds is 8. The lowest BCUT2D eigenvalue weighted by Gasteiger charge is -2.43. The number of hydrogen-bond donors (Lipinski definition) is 2. The molecule has 2 aliphatic heterocycles. The molecule has 2 aliphatic rings. The van der Waals surface area contributed by atoms with E-state index in [0.29, 0.717) is 63.2 Å². The van der Waals surface area contributed by atoms with Gasteiger partial charge in [0.25, 0.3) is 0 Å². The number of nitriles is 1. The fourth-order valence-electron chi connectivity index (χ4n) is 5.93. The number of hydrogen-bond acceptors (Lipinski definition) is 10. The van der Waals surface area contributed by atoms with E-state index in [4.69, 9.17) is 20.4 Å². The van der Waals surface area contributed by atoms with Gasteiger partial charge in [0, 0.05) is 51.0 Å². The molecular formula is C30H33FN7O2PS. The van der Waals surface area contributed by atoms with Crippen LogP contribution in [0.1, 0.15) is 43.4 Å². The fraction of sp³-hybridized carbons (Fsp3) is 0.400. The number of halogens is 1. The second-order valence-corrected chi connectivity index (χ2v) is 12.9. The summed E-state index contributed by atoms with van der Waals surface area (Å²) in [7, 11) is 6.88. The van der Waals surface area contributed by atoms with E-state index in [1.54, 1.807) is 13.0 Å². The summed E-state index contributed by atoms with van der Waals surface area (Å²) >= 11 is 1.27. The number of ketones is 1. The Morgan fingerprint density at radius 2 is 2.02 bits per heavy atom. The number of fused-ring (bicyclic) bond motifs is 4. The van der Waals surface area contributed by atoms with E-state index in [-0.39, 0.29) is 18.0 Å². The van der Waals surface area contributed by atoms with Crippen molar-refractivity contribution in [3.05, 3.63) is 34.6 Å². The van der Waals surface area contributed by atoms with Crippen LogP contribution in [0.15, 0.2) is 12.1 Å². The fourth-order valence-corrected chi connectivity index (χ4v) is 7.39. The zero-order chi connectivity index (χ0) is 29.9. The molecule has 2 atom stereocenters. The molecule has 6 rings (SSSR count). The Balaban J connectivity index is 1.65. The van der Waals surface area contributed by atoms with Gasteiger partial charge in [-0.2, -0.15) is 10.2 Å². The summed E-state index contributed by atoms with van der Waals surface area (Å²) in [5.41, 5.74) is 9.74. The lowest BCUT2D eigenvalue weighted by molar-refractivity contribution is -0.117. The van der Waals surface area contributed by atoms with Crippen molar-refractivity contribution in [3.63, 3.8) is 0 Å². The Morgan fingerprint density at radius 3 is 2.69 bits per heavy atom. The summed E-state index contributed by atoms with van der Waals surface area (Å²) in [6, 6.07) is 5.25. The number of nitrogens with one attached hydrogen (secondary N) is 1. The van der Waals surface area contributed by atoms with Crippen LogP contribution in [0.2, 0.25) is 0 Å². The van der Waals surface area contributed by atoms with Crippen molar-refractivity contribution in [1.82, 2.24) is 14.9 Å². The number of nitrogens with two attached hydrogens (primary N) is 1. The van der Waals surface area contributed by atoms with Crippen LogP contribution in [0.4, 0.5) is 21.2 Å². The van der Waals surface area contributed by atoms with Gasteiger partial charge in [0.05, 0.1) is 30.3 Å². The standard InChI is InChI=1S/C30H33FN7O2PS/c1-5-6-20(14(2)39)34-29-24-18-13-40-12-17(18)23(25-19(31)7-8-21-22(25)16(9-32)28(33)42-21)27(41)26(24)35-30(36-29)38-10-15(11-38)37(3)4/h7-8,15,20H,5-6,10-13,33,41H2,1-4H3,(H,34,35,36). The molecule has 9 nitrogen and oxygen atoms in total. The number of thiophene rings is 1. The highest BCUT2D eigenvalue weighted by atomic mass is 32.1. The van der Waals surface area contributed by atoms with Crippen molar-refractivity contribution < 1.29 is 13.9 Å². The third kappa shape index (κ3) is 4.58. The normalized spacial score (nSPS) is 15.7. The highest BCUT2D eigenvalue weighted by molar-refractivity contribution is 7.29. The van der Waals surface area contributed by atoms with E-state index in [1.807, 2.05) is 6.92 Å². The van der Waals surface area contributed by atoms with Crippen molar-refractivity contribution >= 4 is 69.4 Å². The predicted molar refractivity (Wildman–Crippen MR) is 170 cm³/mol. The van der Waals surface area contributed by atoms with Crippen molar-refractivity contribution in [2.24, 2.45) is 0 Å². The van der Waals surface area contributed by atoms with Gasteiger partial charge in [0.15, 0.2) is 5.78 Å². The summed E-state index contributed by atoms with van der Waals surface area (Å²) in [6.07, 6.45) is 1.50. The van der Waals surface area contributed by atoms with Crippen molar-refractivity contribution in [2.45, 2.75) is 52.0 Å². The summed E-state index contributed by atoms with van der Waals surface area (Å²) in [5.74, 6) is 0.708. The van der Waals surface area contributed by atoms with Gasteiger partial charge in [-0.15, -0.1) is 20.6 Å². The van der Waals surface area contributed by atoms with Gasteiger partial charge >= 0.3 is 0 Å². The average molecular weight is 606 g/mol. The van der Waals surface area contributed by atoms with E-state index < -0.39 is 11.9 Å². The van der Waals surface area contributed by atoms with Crippen LogP contribution < -0.4 is 21.3 Å². The summed E-state index contributed by atoms with van der Waals surface area (Å²) < 4.78 is 22.6. The maximum absolute atomic E-state index is 15.9. The van der Waals surface area contributed by atoms with Gasteiger partial charge in [0.1, 0.15) is 22.7 Å². The molecule has 2 aromatic heterocycles. The quantitative estimate of drug-likeness (QED) is 0.279. The number of Topliss-reactive ketones (excluding diaryl/α,β-unsaturated/α-hetero) is 1. The molecule has 1 saturated heterocycles. The van der Waals surface area contributed by atoms with Crippen LogP contribution in [0.3, 0.4) is 0 Å². The van der Waals surface area contributed by atoms with Crippen molar-refractivity contribution in [3.8, 4) is 17.2 Å². The van der Waals surface area contributed by atoms with Gasteiger partial charge in [-0.3, -0.25) is 4.79 Å². The van der Waals surface area contributed by atoms with Gasteiger partial charge in [-0.1, -0.05) is 13.3 Å². The highest BCUT2D eigenvalue weighted by Gasteiger charge is 2.34. The van der Waals surface area contributed by atoms with Crippen molar-refractivity contribution in [2.75, 3.05) is 43.1 Å². The van der Waals surface area contributed by atoms with Crippen LogP contribution in [-0.4, -0.2) is 59.9 Å². The van der Waals surface area contributed by atoms with Crippen LogP contribution in [0.25, 0.3) is 32.1 Å². The minimum Gasteiger partial charge on any atom is -0.389 e. The van der Waals surface area contributed by atoms with E-state index in [2.05, 4.69) is 44.5 Å². The number of carbonyl (C=O) groups is 1. The minimum absolute atomic E-state index is 0.0326. The lowest BCUT2D eigenvalue weighted by Crippen LogP contribution is -2.58. The third-order valence-corrected chi connectivity index (χ3v) is 9.88. The van der Waals surface area contributed by atoms with E-state index in [0.717, 1.165) is 40.7 Å². The Bertz CT molecular complexity index is 1800. The Hall–Kier alpha value is -3.42. The number of likely N-dealkylation sites (N-methyl/N-ethyl adjacent to an activating group) is 1. The number of carbonyl (C=O) groups excluding carboxylic acids is 1. The van der Waals surface area contributed by atoms with E-state index in [9.17, 15) is 10.1 Å². The molecule has 2 aromatic carbocycles. The number of nitrogen functional groups attached to an aromatic ring is 1. The Morgan fingerprint density at radius 1 is 1.29 bits per heavy atom. The van der Waals surface area contributed by atoms with E-state index >= 15 is 4.39 Å². The molecule has 218 valence electrons. The molecule has 42 heavy (non-hydrogen) atoms. The van der Waals surface area contributed by atoms with E-state index in [1.165, 1.54) is 17.4 Å². The topological polar surface area (TPSA) is 120 Å². The molecule has 3 N–H and O–H groups in total. The molecule has 2 unspecified atom stereocenters. The summed E-state index contributed by atoms with van der Waals surface area (Å²) in [4.78, 5) is 26.9. The number of ether oxygens (including phenoxy) is 1. The zero-order valence-corrected chi connectivity index (χ0v) is 26.0. The first-order chi connectivity index (χ1) is 20.1. The van der Waals surface area contributed by atoms with Crippen LogP contribution in [-0.2, 0) is 22.7 Å².